The number of fused-ring (bicyclic) bond motifs is 2. The van der Waals surface area contributed by atoms with E-state index in [0.29, 0.717) is 40.3 Å². The lowest BCUT2D eigenvalue weighted by Gasteiger charge is -2.25. The third-order valence-corrected chi connectivity index (χ3v) is 6.27. The van der Waals surface area contributed by atoms with Gasteiger partial charge in [-0.2, -0.15) is 0 Å². The summed E-state index contributed by atoms with van der Waals surface area (Å²) in [5.41, 5.74) is 2.04. The number of likely N-dealkylation sites (N-methyl/N-ethyl adjacent to an activating group) is 1. The number of thiazole rings is 1. The standard InChI is InChI=1S/C24H26ClN5O4S/c1-24(2,3)34-23(32)29(4)10-11-30-18-9-6-14(20(31)33-5)12-17(18)26-21(30)28-22-27-16-8-7-15(25)13-19(16)35-22/h6-9,12-13H,10-11H2,1-5H3,(H,26,27,28). The Morgan fingerprint density at radius 3 is 2.63 bits per heavy atom. The van der Waals surface area contributed by atoms with Gasteiger partial charge in [0.1, 0.15) is 5.60 Å². The molecule has 0 saturated heterocycles. The molecule has 1 N–H and O–H groups in total. The van der Waals surface area contributed by atoms with E-state index in [1.165, 1.54) is 23.3 Å². The monoisotopic (exact) mass is 515 g/mol. The predicted molar refractivity (Wildman–Crippen MR) is 138 cm³/mol. The fourth-order valence-electron chi connectivity index (χ4n) is 3.43. The van der Waals surface area contributed by atoms with E-state index in [1.807, 2.05) is 43.5 Å². The van der Waals surface area contributed by atoms with E-state index in [9.17, 15) is 9.59 Å². The Labute approximate surface area is 211 Å². The van der Waals surface area contributed by atoms with Crippen LogP contribution in [0.25, 0.3) is 21.3 Å². The zero-order chi connectivity index (χ0) is 25.3. The average molecular weight is 516 g/mol. The van der Waals surface area contributed by atoms with E-state index < -0.39 is 17.7 Å². The molecule has 4 rings (SSSR count). The molecule has 0 saturated carbocycles. The van der Waals surface area contributed by atoms with Crippen LogP contribution >= 0.6 is 22.9 Å². The Morgan fingerprint density at radius 2 is 1.91 bits per heavy atom. The molecule has 4 aromatic rings. The molecule has 184 valence electrons. The summed E-state index contributed by atoms with van der Waals surface area (Å²) in [6, 6.07) is 10.7. The second-order valence-corrected chi connectivity index (χ2v) is 10.4. The smallest absolute Gasteiger partial charge is 0.410 e. The van der Waals surface area contributed by atoms with Crippen molar-refractivity contribution < 1.29 is 19.1 Å². The van der Waals surface area contributed by atoms with Gasteiger partial charge < -0.3 is 24.3 Å². The van der Waals surface area contributed by atoms with Gasteiger partial charge in [-0.3, -0.25) is 0 Å². The van der Waals surface area contributed by atoms with Crippen LogP contribution < -0.4 is 5.32 Å². The largest absolute Gasteiger partial charge is 0.465 e. The van der Waals surface area contributed by atoms with Crippen molar-refractivity contribution in [1.82, 2.24) is 19.4 Å². The van der Waals surface area contributed by atoms with Gasteiger partial charge in [0, 0.05) is 25.2 Å². The van der Waals surface area contributed by atoms with Crippen molar-refractivity contribution in [2.45, 2.75) is 32.9 Å². The first-order valence-corrected chi connectivity index (χ1v) is 12.1. The Bertz CT molecular complexity index is 1410. The highest BCUT2D eigenvalue weighted by Gasteiger charge is 2.21. The molecule has 0 aliphatic heterocycles. The summed E-state index contributed by atoms with van der Waals surface area (Å²) in [7, 11) is 3.02. The number of aromatic nitrogens is 3. The molecule has 35 heavy (non-hydrogen) atoms. The lowest BCUT2D eigenvalue weighted by atomic mass is 10.2. The number of nitrogens with zero attached hydrogens (tertiary/aromatic N) is 4. The number of nitrogens with one attached hydrogen (secondary N) is 1. The molecule has 0 aliphatic carbocycles. The zero-order valence-electron chi connectivity index (χ0n) is 20.1. The van der Waals surface area contributed by atoms with Crippen LogP contribution in [0.15, 0.2) is 36.4 Å². The van der Waals surface area contributed by atoms with Crippen molar-refractivity contribution in [2.24, 2.45) is 0 Å². The number of carbonyl (C=O) groups excluding carboxylic acids is 2. The van der Waals surface area contributed by atoms with Crippen LogP contribution in [0.5, 0.6) is 0 Å². The molecule has 0 aliphatic rings. The molecule has 0 unspecified atom stereocenters. The van der Waals surface area contributed by atoms with Crippen LogP contribution in [0.1, 0.15) is 31.1 Å². The van der Waals surface area contributed by atoms with Gasteiger partial charge in [-0.1, -0.05) is 22.9 Å². The van der Waals surface area contributed by atoms with Crippen molar-refractivity contribution in [1.29, 1.82) is 0 Å². The molecule has 9 nitrogen and oxygen atoms in total. The van der Waals surface area contributed by atoms with Crippen molar-refractivity contribution in [3.8, 4) is 0 Å². The number of imidazole rings is 1. The molecule has 0 spiro atoms. The number of hydrogen-bond donors (Lipinski definition) is 1. The van der Waals surface area contributed by atoms with Gasteiger partial charge in [0.15, 0.2) is 5.13 Å². The first-order valence-electron chi connectivity index (χ1n) is 10.9. The molecule has 0 radical (unpaired) electrons. The summed E-state index contributed by atoms with van der Waals surface area (Å²) in [6.07, 6.45) is -0.410. The number of benzene rings is 2. The molecule has 11 heteroatoms. The van der Waals surface area contributed by atoms with Crippen molar-refractivity contribution in [2.75, 3.05) is 26.0 Å². The highest BCUT2D eigenvalue weighted by Crippen LogP contribution is 2.31. The summed E-state index contributed by atoms with van der Waals surface area (Å²) in [5, 5.41) is 4.58. The fourth-order valence-corrected chi connectivity index (χ4v) is 4.56. The van der Waals surface area contributed by atoms with Gasteiger partial charge in [-0.05, 0) is 57.2 Å². The molecule has 2 aromatic carbocycles. The zero-order valence-corrected chi connectivity index (χ0v) is 21.7. The Morgan fingerprint density at radius 1 is 1.14 bits per heavy atom. The Kier molecular flexibility index (Phi) is 6.86. The van der Waals surface area contributed by atoms with E-state index in [1.54, 1.807) is 25.2 Å². The first-order chi connectivity index (χ1) is 16.5. The number of esters is 1. The Balaban J connectivity index is 1.66. The highest BCUT2D eigenvalue weighted by molar-refractivity contribution is 7.22. The number of rotatable bonds is 6. The first kappa shape index (κ1) is 24.7. The van der Waals surface area contributed by atoms with Gasteiger partial charge in [-0.15, -0.1) is 0 Å². The number of hydrogen-bond acceptors (Lipinski definition) is 8. The summed E-state index contributed by atoms with van der Waals surface area (Å²) in [4.78, 5) is 35.3. The normalized spacial score (nSPS) is 11.6. The molecule has 1 amide bonds. The summed E-state index contributed by atoms with van der Waals surface area (Å²) < 4.78 is 13.2. The number of methoxy groups -OCH3 is 1. The second-order valence-electron chi connectivity index (χ2n) is 8.94. The van der Waals surface area contributed by atoms with Crippen molar-refractivity contribution in [3.05, 3.63) is 47.0 Å². The van der Waals surface area contributed by atoms with Crippen LogP contribution in [0.3, 0.4) is 0 Å². The lowest BCUT2D eigenvalue weighted by Crippen LogP contribution is -2.36. The predicted octanol–water partition coefficient (Wildman–Crippen LogP) is 5.70. The molecule has 0 atom stereocenters. The van der Waals surface area contributed by atoms with Crippen LogP contribution in [-0.2, 0) is 16.0 Å². The van der Waals surface area contributed by atoms with E-state index in [0.717, 1.165) is 15.7 Å². The molecule has 0 fully saturated rings. The summed E-state index contributed by atoms with van der Waals surface area (Å²) >= 11 is 7.57. The molecule has 2 heterocycles. The number of ether oxygens (including phenoxy) is 2. The maximum Gasteiger partial charge on any atom is 0.410 e. The minimum Gasteiger partial charge on any atom is -0.465 e. The number of anilines is 2. The number of halogens is 1. The number of carbonyl (C=O) groups is 2. The quantitative estimate of drug-likeness (QED) is 0.329. The highest BCUT2D eigenvalue weighted by atomic mass is 35.5. The van der Waals surface area contributed by atoms with Gasteiger partial charge >= 0.3 is 12.1 Å². The van der Waals surface area contributed by atoms with E-state index in [2.05, 4.69) is 10.3 Å². The molecular weight excluding hydrogens is 490 g/mol. The van der Waals surface area contributed by atoms with Crippen LogP contribution in [-0.4, -0.2) is 57.8 Å². The summed E-state index contributed by atoms with van der Waals surface area (Å²) in [5.74, 6) is 0.0911. The average Bonchev–Trinajstić information content (AvgIpc) is 3.34. The second kappa shape index (κ2) is 9.71. The van der Waals surface area contributed by atoms with Gasteiger partial charge in [-0.25, -0.2) is 19.6 Å². The third kappa shape index (κ3) is 5.66. The van der Waals surface area contributed by atoms with Crippen LogP contribution in [0, 0.1) is 0 Å². The Hall–Kier alpha value is -3.37. The van der Waals surface area contributed by atoms with Crippen molar-refractivity contribution >= 4 is 67.3 Å². The van der Waals surface area contributed by atoms with Crippen LogP contribution in [0.2, 0.25) is 5.02 Å². The molecular formula is C24H26ClN5O4S. The maximum absolute atomic E-state index is 12.4. The molecule has 0 bridgehead atoms. The van der Waals surface area contributed by atoms with Gasteiger partial charge in [0.05, 0.1) is 33.9 Å². The SMILES string of the molecule is COC(=O)c1ccc2c(c1)nc(Nc1nc3ccc(Cl)cc3s1)n2CCN(C)C(=O)OC(C)(C)C. The van der Waals surface area contributed by atoms with Crippen molar-refractivity contribution in [3.63, 3.8) is 0 Å². The van der Waals surface area contributed by atoms with Crippen LogP contribution in [0.4, 0.5) is 15.9 Å². The van der Waals surface area contributed by atoms with Gasteiger partial charge in [0.2, 0.25) is 5.95 Å². The van der Waals surface area contributed by atoms with E-state index in [-0.39, 0.29) is 0 Å². The molecule has 2 aromatic heterocycles. The fraction of sp³-hybridized carbons (Fsp3) is 0.333. The van der Waals surface area contributed by atoms with Gasteiger partial charge in [0.25, 0.3) is 0 Å². The summed E-state index contributed by atoms with van der Waals surface area (Å²) in [6.45, 7) is 6.29. The number of amides is 1. The minimum absolute atomic E-state index is 0.378. The minimum atomic E-state index is -0.584. The topological polar surface area (TPSA) is 98.6 Å². The van der Waals surface area contributed by atoms with E-state index in [4.69, 9.17) is 26.1 Å². The van der Waals surface area contributed by atoms with E-state index >= 15 is 0 Å². The maximum atomic E-state index is 12.4. The lowest BCUT2D eigenvalue weighted by molar-refractivity contribution is 0.0294. The third-order valence-electron chi connectivity index (χ3n) is 5.10.